The zero-order valence-corrected chi connectivity index (χ0v) is 14.0. The third-order valence-corrected chi connectivity index (χ3v) is 3.63. The molecule has 0 atom stereocenters. The first-order valence-corrected chi connectivity index (χ1v) is 7.73. The van der Waals surface area contributed by atoms with Crippen LogP contribution in [0, 0.1) is 0 Å². The van der Waals surface area contributed by atoms with Crippen LogP contribution in [0.15, 0.2) is 60.7 Å². The van der Waals surface area contributed by atoms with Gasteiger partial charge in [0.05, 0.1) is 14.2 Å². The summed E-state index contributed by atoms with van der Waals surface area (Å²) in [6.07, 6.45) is 0. The van der Waals surface area contributed by atoms with Crippen LogP contribution in [0.5, 0.6) is 23.0 Å². The SMILES string of the molecule is COc1cc(OC)cc(OC(=O)COc2ccc3ccccc3c2)c1. The number of fused-ring (bicyclic) bond motifs is 1. The van der Waals surface area contributed by atoms with E-state index in [2.05, 4.69) is 0 Å². The fourth-order valence-corrected chi connectivity index (χ4v) is 2.40. The minimum absolute atomic E-state index is 0.197. The largest absolute Gasteiger partial charge is 0.496 e. The lowest BCUT2D eigenvalue weighted by Gasteiger charge is -2.10. The van der Waals surface area contributed by atoms with Crippen molar-refractivity contribution in [2.75, 3.05) is 20.8 Å². The Morgan fingerprint density at radius 1 is 0.760 bits per heavy atom. The molecule has 5 heteroatoms. The first-order valence-electron chi connectivity index (χ1n) is 7.73. The molecule has 0 N–H and O–H groups in total. The van der Waals surface area contributed by atoms with Crippen LogP contribution in [0.3, 0.4) is 0 Å². The van der Waals surface area contributed by atoms with E-state index in [9.17, 15) is 4.79 Å². The molecule has 3 aromatic carbocycles. The second-order valence-electron chi connectivity index (χ2n) is 5.32. The molecule has 0 unspecified atom stereocenters. The number of hydrogen-bond donors (Lipinski definition) is 0. The summed E-state index contributed by atoms with van der Waals surface area (Å²) in [5.41, 5.74) is 0. The third-order valence-electron chi connectivity index (χ3n) is 3.63. The molecule has 0 aromatic heterocycles. The molecular weight excluding hydrogens is 320 g/mol. The van der Waals surface area contributed by atoms with Gasteiger partial charge in [0.25, 0.3) is 0 Å². The lowest BCUT2D eigenvalue weighted by Crippen LogP contribution is -2.17. The molecule has 25 heavy (non-hydrogen) atoms. The van der Waals surface area contributed by atoms with Crippen molar-refractivity contribution in [3.8, 4) is 23.0 Å². The van der Waals surface area contributed by atoms with E-state index in [1.165, 1.54) is 14.2 Å². The maximum Gasteiger partial charge on any atom is 0.349 e. The lowest BCUT2D eigenvalue weighted by atomic mass is 10.1. The monoisotopic (exact) mass is 338 g/mol. The van der Waals surface area contributed by atoms with E-state index >= 15 is 0 Å². The van der Waals surface area contributed by atoms with E-state index < -0.39 is 5.97 Å². The highest BCUT2D eigenvalue weighted by Gasteiger charge is 2.09. The Balaban J connectivity index is 1.64. The summed E-state index contributed by atoms with van der Waals surface area (Å²) in [5.74, 6) is 1.51. The smallest absolute Gasteiger partial charge is 0.349 e. The van der Waals surface area contributed by atoms with Crippen molar-refractivity contribution in [1.82, 2.24) is 0 Å². The Bertz CT molecular complexity index is 866. The van der Waals surface area contributed by atoms with Gasteiger partial charge in [-0.25, -0.2) is 4.79 Å². The average Bonchev–Trinajstić information content (AvgIpc) is 2.65. The van der Waals surface area contributed by atoms with Crippen molar-refractivity contribution in [3.63, 3.8) is 0 Å². The topological polar surface area (TPSA) is 54.0 Å². The van der Waals surface area contributed by atoms with Gasteiger partial charge in [0.15, 0.2) is 6.61 Å². The zero-order valence-electron chi connectivity index (χ0n) is 14.0. The van der Waals surface area contributed by atoms with Crippen molar-refractivity contribution in [2.45, 2.75) is 0 Å². The Kier molecular flexibility index (Phi) is 5.04. The van der Waals surface area contributed by atoms with Gasteiger partial charge < -0.3 is 18.9 Å². The summed E-state index contributed by atoms with van der Waals surface area (Å²) >= 11 is 0. The maximum atomic E-state index is 12.0. The van der Waals surface area contributed by atoms with Gasteiger partial charge in [-0.15, -0.1) is 0 Å². The predicted octanol–water partition coefficient (Wildman–Crippen LogP) is 3.84. The minimum Gasteiger partial charge on any atom is -0.496 e. The van der Waals surface area contributed by atoms with E-state index in [1.54, 1.807) is 18.2 Å². The summed E-state index contributed by atoms with van der Waals surface area (Å²) in [6.45, 7) is -0.197. The fourth-order valence-electron chi connectivity index (χ4n) is 2.40. The fraction of sp³-hybridized carbons (Fsp3) is 0.150. The van der Waals surface area contributed by atoms with E-state index in [4.69, 9.17) is 18.9 Å². The number of hydrogen-bond acceptors (Lipinski definition) is 5. The zero-order chi connectivity index (χ0) is 17.6. The number of rotatable bonds is 6. The first kappa shape index (κ1) is 16.6. The summed E-state index contributed by atoms with van der Waals surface area (Å²) in [4.78, 5) is 12.0. The molecule has 3 rings (SSSR count). The molecule has 0 spiro atoms. The number of methoxy groups -OCH3 is 2. The van der Waals surface area contributed by atoms with E-state index in [0.717, 1.165) is 10.8 Å². The highest BCUT2D eigenvalue weighted by molar-refractivity contribution is 5.84. The molecule has 0 aliphatic carbocycles. The first-order chi connectivity index (χ1) is 12.2. The number of ether oxygens (including phenoxy) is 4. The van der Waals surface area contributed by atoms with Gasteiger partial charge in [-0.3, -0.25) is 0 Å². The van der Waals surface area contributed by atoms with E-state index in [0.29, 0.717) is 23.0 Å². The van der Waals surface area contributed by atoms with Crippen LogP contribution in [0.2, 0.25) is 0 Å². The molecule has 5 nitrogen and oxygen atoms in total. The maximum absolute atomic E-state index is 12.0. The second-order valence-corrected chi connectivity index (χ2v) is 5.32. The molecule has 0 bridgehead atoms. The van der Waals surface area contributed by atoms with Gasteiger partial charge in [0.2, 0.25) is 0 Å². The van der Waals surface area contributed by atoms with Crippen LogP contribution in [-0.2, 0) is 4.79 Å². The highest BCUT2D eigenvalue weighted by Crippen LogP contribution is 2.27. The van der Waals surface area contributed by atoms with Crippen molar-refractivity contribution in [3.05, 3.63) is 60.7 Å². The van der Waals surface area contributed by atoms with Gasteiger partial charge in [-0.05, 0) is 22.9 Å². The standard InChI is InChI=1S/C20H18O5/c1-22-17-10-18(23-2)12-19(11-17)25-20(21)13-24-16-8-7-14-5-3-4-6-15(14)9-16/h3-12H,13H2,1-2H3. The van der Waals surface area contributed by atoms with Crippen LogP contribution in [0.25, 0.3) is 10.8 Å². The van der Waals surface area contributed by atoms with Gasteiger partial charge in [0.1, 0.15) is 23.0 Å². The van der Waals surface area contributed by atoms with Crippen molar-refractivity contribution < 1.29 is 23.7 Å². The predicted molar refractivity (Wildman–Crippen MR) is 94.6 cm³/mol. The van der Waals surface area contributed by atoms with E-state index in [1.807, 2.05) is 42.5 Å². The van der Waals surface area contributed by atoms with Crippen LogP contribution in [-0.4, -0.2) is 26.8 Å². The van der Waals surface area contributed by atoms with Gasteiger partial charge in [-0.2, -0.15) is 0 Å². The lowest BCUT2D eigenvalue weighted by molar-refractivity contribution is -0.136. The minimum atomic E-state index is -0.511. The Hall–Kier alpha value is -3.21. The number of benzene rings is 3. The van der Waals surface area contributed by atoms with Crippen LogP contribution in [0.1, 0.15) is 0 Å². The highest BCUT2D eigenvalue weighted by atomic mass is 16.6. The van der Waals surface area contributed by atoms with Crippen molar-refractivity contribution in [1.29, 1.82) is 0 Å². The number of esters is 1. The Morgan fingerprint density at radius 2 is 1.40 bits per heavy atom. The average molecular weight is 338 g/mol. The molecule has 0 fully saturated rings. The normalized spacial score (nSPS) is 10.3. The Labute approximate surface area is 145 Å². The summed E-state index contributed by atoms with van der Waals surface area (Å²) in [6, 6.07) is 18.5. The van der Waals surface area contributed by atoms with Crippen LogP contribution < -0.4 is 18.9 Å². The second kappa shape index (κ2) is 7.57. The third kappa shape index (κ3) is 4.20. The molecule has 0 radical (unpaired) electrons. The summed E-state index contributed by atoms with van der Waals surface area (Å²) in [7, 11) is 3.06. The molecule has 3 aromatic rings. The number of carbonyl (C=O) groups is 1. The molecule has 0 saturated heterocycles. The van der Waals surface area contributed by atoms with Gasteiger partial charge in [0, 0.05) is 18.2 Å². The van der Waals surface area contributed by atoms with Crippen molar-refractivity contribution >= 4 is 16.7 Å². The molecule has 0 amide bonds. The van der Waals surface area contributed by atoms with Gasteiger partial charge in [-0.1, -0.05) is 30.3 Å². The molecular formula is C20H18O5. The molecule has 0 aliphatic rings. The summed E-state index contributed by atoms with van der Waals surface area (Å²) < 4.78 is 21.1. The molecule has 0 heterocycles. The number of carbonyl (C=O) groups excluding carboxylic acids is 1. The molecule has 0 saturated carbocycles. The quantitative estimate of drug-likeness (QED) is 0.505. The van der Waals surface area contributed by atoms with Gasteiger partial charge >= 0.3 is 5.97 Å². The van der Waals surface area contributed by atoms with E-state index in [-0.39, 0.29) is 6.61 Å². The summed E-state index contributed by atoms with van der Waals surface area (Å²) in [5, 5.41) is 2.16. The van der Waals surface area contributed by atoms with Crippen LogP contribution >= 0.6 is 0 Å². The molecule has 128 valence electrons. The molecule has 0 aliphatic heterocycles. The van der Waals surface area contributed by atoms with Crippen LogP contribution in [0.4, 0.5) is 0 Å². The van der Waals surface area contributed by atoms with Crippen molar-refractivity contribution in [2.24, 2.45) is 0 Å². The Morgan fingerprint density at radius 3 is 2.08 bits per heavy atom.